The van der Waals surface area contributed by atoms with Crippen molar-refractivity contribution in [1.29, 1.82) is 0 Å². The van der Waals surface area contributed by atoms with Crippen LogP contribution in [0.3, 0.4) is 0 Å². The van der Waals surface area contributed by atoms with E-state index in [4.69, 9.17) is 10.5 Å². The van der Waals surface area contributed by atoms with Crippen LogP contribution in [0.4, 0.5) is 5.69 Å². The smallest absolute Gasteiger partial charge is 0.209 e. The van der Waals surface area contributed by atoms with Crippen molar-refractivity contribution in [2.24, 2.45) is 0 Å². The van der Waals surface area contributed by atoms with Gasteiger partial charge in [-0.2, -0.15) is 0 Å². The first-order chi connectivity index (χ1) is 8.78. The second-order valence-electron chi connectivity index (χ2n) is 4.40. The molecule has 18 heavy (non-hydrogen) atoms. The molecule has 1 fully saturated rings. The second kappa shape index (κ2) is 6.26. The van der Waals surface area contributed by atoms with Crippen LogP contribution in [0.5, 0.6) is 5.75 Å². The molecule has 1 aliphatic heterocycles. The molecule has 0 saturated carbocycles. The molecule has 1 saturated heterocycles. The van der Waals surface area contributed by atoms with Crippen molar-refractivity contribution in [3.63, 3.8) is 0 Å². The van der Waals surface area contributed by atoms with Gasteiger partial charge in [0.25, 0.3) is 0 Å². The van der Waals surface area contributed by atoms with Crippen molar-refractivity contribution in [2.75, 3.05) is 45.1 Å². The maximum atomic E-state index is 10.6. The first-order valence-electron chi connectivity index (χ1n) is 6.18. The molecule has 0 atom stereocenters. The summed E-state index contributed by atoms with van der Waals surface area (Å²) in [5.41, 5.74) is 6.39. The third kappa shape index (κ3) is 3.63. The summed E-state index contributed by atoms with van der Waals surface area (Å²) in [4.78, 5) is 14.7. The fourth-order valence-corrected chi connectivity index (χ4v) is 1.99. The van der Waals surface area contributed by atoms with Gasteiger partial charge in [0.1, 0.15) is 12.4 Å². The summed E-state index contributed by atoms with van der Waals surface area (Å²) in [6.45, 7) is 4.97. The van der Waals surface area contributed by atoms with Gasteiger partial charge < -0.3 is 15.4 Å². The van der Waals surface area contributed by atoms with Gasteiger partial charge in [-0.25, -0.2) is 0 Å². The van der Waals surface area contributed by atoms with Crippen molar-refractivity contribution in [3.05, 3.63) is 24.3 Å². The van der Waals surface area contributed by atoms with Crippen LogP contribution in [0.1, 0.15) is 0 Å². The third-order valence-corrected chi connectivity index (χ3v) is 3.09. The fraction of sp³-hybridized carbons (Fsp3) is 0.462. The Morgan fingerprint density at radius 3 is 2.72 bits per heavy atom. The Balaban J connectivity index is 1.68. The number of carbonyl (C=O) groups is 1. The van der Waals surface area contributed by atoms with Crippen LogP contribution in [0.25, 0.3) is 0 Å². The third-order valence-electron chi connectivity index (χ3n) is 3.09. The lowest BCUT2D eigenvalue weighted by atomic mass is 10.3. The van der Waals surface area contributed by atoms with Crippen molar-refractivity contribution < 1.29 is 9.53 Å². The van der Waals surface area contributed by atoms with Crippen molar-refractivity contribution in [1.82, 2.24) is 9.80 Å². The molecule has 1 aliphatic rings. The molecule has 1 aromatic carbocycles. The number of anilines is 1. The lowest BCUT2D eigenvalue weighted by Gasteiger charge is -2.32. The van der Waals surface area contributed by atoms with E-state index in [2.05, 4.69) is 4.90 Å². The van der Waals surface area contributed by atoms with E-state index in [9.17, 15) is 4.79 Å². The summed E-state index contributed by atoms with van der Waals surface area (Å²) in [6.07, 6.45) is 0.917. The van der Waals surface area contributed by atoms with Crippen LogP contribution >= 0.6 is 0 Å². The average Bonchev–Trinajstić information content (AvgIpc) is 2.40. The van der Waals surface area contributed by atoms with Gasteiger partial charge in [0.2, 0.25) is 6.41 Å². The zero-order chi connectivity index (χ0) is 12.8. The number of carbonyl (C=O) groups excluding carboxylic acids is 1. The maximum Gasteiger partial charge on any atom is 0.209 e. The second-order valence-corrected chi connectivity index (χ2v) is 4.40. The molecule has 0 unspecified atom stereocenters. The zero-order valence-corrected chi connectivity index (χ0v) is 10.4. The van der Waals surface area contributed by atoms with E-state index in [0.717, 1.165) is 44.9 Å². The highest BCUT2D eigenvalue weighted by atomic mass is 16.5. The average molecular weight is 249 g/mol. The number of amides is 1. The Bertz CT molecular complexity index is 390. The van der Waals surface area contributed by atoms with E-state index in [0.29, 0.717) is 12.3 Å². The van der Waals surface area contributed by atoms with Crippen LogP contribution in [0.2, 0.25) is 0 Å². The summed E-state index contributed by atoms with van der Waals surface area (Å²) < 4.78 is 5.64. The van der Waals surface area contributed by atoms with Gasteiger partial charge in [-0.05, 0) is 12.1 Å². The van der Waals surface area contributed by atoms with Gasteiger partial charge in [-0.15, -0.1) is 0 Å². The quantitative estimate of drug-likeness (QED) is 0.607. The monoisotopic (exact) mass is 249 g/mol. The molecule has 0 bridgehead atoms. The lowest BCUT2D eigenvalue weighted by molar-refractivity contribution is -0.119. The molecular formula is C13H19N3O2. The standard InChI is InChI=1S/C13H19N3O2/c14-12-2-1-3-13(10-12)18-9-8-15-4-6-16(11-17)7-5-15/h1-3,10-11H,4-9,14H2. The highest BCUT2D eigenvalue weighted by Crippen LogP contribution is 2.14. The fourth-order valence-electron chi connectivity index (χ4n) is 1.99. The lowest BCUT2D eigenvalue weighted by Crippen LogP contribution is -2.46. The van der Waals surface area contributed by atoms with Crippen LogP contribution in [-0.2, 0) is 4.79 Å². The number of nitrogen functional groups attached to an aromatic ring is 1. The first-order valence-corrected chi connectivity index (χ1v) is 6.18. The minimum absolute atomic E-state index is 0.643. The van der Waals surface area contributed by atoms with Crippen LogP contribution in [0, 0.1) is 0 Å². The molecule has 1 amide bonds. The summed E-state index contributed by atoms with van der Waals surface area (Å²) in [6, 6.07) is 7.45. The molecular weight excluding hydrogens is 230 g/mol. The largest absolute Gasteiger partial charge is 0.492 e. The summed E-state index contributed by atoms with van der Waals surface area (Å²) in [7, 11) is 0. The van der Waals surface area contributed by atoms with Gasteiger partial charge in [0.15, 0.2) is 0 Å². The molecule has 5 heteroatoms. The molecule has 0 aromatic heterocycles. The number of nitrogens with zero attached hydrogens (tertiary/aromatic N) is 2. The number of rotatable bonds is 5. The number of piperazine rings is 1. The van der Waals surface area contributed by atoms with Crippen molar-refractivity contribution >= 4 is 12.1 Å². The summed E-state index contributed by atoms with van der Waals surface area (Å²) in [5.74, 6) is 0.807. The molecule has 2 rings (SSSR count). The van der Waals surface area contributed by atoms with E-state index in [1.54, 1.807) is 4.90 Å². The molecule has 98 valence electrons. The van der Waals surface area contributed by atoms with Crippen LogP contribution < -0.4 is 10.5 Å². The van der Waals surface area contributed by atoms with E-state index >= 15 is 0 Å². The highest BCUT2D eigenvalue weighted by molar-refractivity contribution is 5.47. The maximum absolute atomic E-state index is 10.6. The van der Waals surface area contributed by atoms with E-state index in [1.807, 2.05) is 24.3 Å². The topological polar surface area (TPSA) is 58.8 Å². The number of nitrogens with two attached hydrogens (primary N) is 1. The molecule has 5 nitrogen and oxygen atoms in total. The minimum Gasteiger partial charge on any atom is -0.492 e. The minimum atomic E-state index is 0.643. The van der Waals surface area contributed by atoms with Gasteiger partial charge in [-0.3, -0.25) is 9.69 Å². The predicted octanol–water partition coefficient (Wildman–Crippen LogP) is 0.422. The number of hydrogen-bond acceptors (Lipinski definition) is 4. The van der Waals surface area contributed by atoms with Gasteiger partial charge in [0, 0.05) is 44.5 Å². The van der Waals surface area contributed by atoms with Crippen molar-refractivity contribution in [3.8, 4) is 5.75 Å². The first kappa shape index (κ1) is 12.7. The summed E-state index contributed by atoms with van der Waals surface area (Å²) >= 11 is 0. The molecule has 1 heterocycles. The molecule has 2 N–H and O–H groups in total. The Morgan fingerprint density at radius 2 is 2.06 bits per heavy atom. The normalized spacial score (nSPS) is 16.6. The number of benzene rings is 1. The van der Waals surface area contributed by atoms with Crippen molar-refractivity contribution in [2.45, 2.75) is 0 Å². The predicted molar refractivity (Wildman–Crippen MR) is 70.4 cm³/mol. The molecule has 1 aromatic rings. The SMILES string of the molecule is Nc1cccc(OCCN2CCN(C=O)CC2)c1. The Kier molecular flexibility index (Phi) is 4.41. The van der Waals surface area contributed by atoms with E-state index in [1.165, 1.54) is 0 Å². The molecule has 0 radical (unpaired) electrons. The van der Waals surface area contributed by atoms with E-state index < -0.39 is 0 Å². The van der Waals surface area contributed by atoms with Gasteiger partial charge in [-0.1, -0.05) is 6.07 Å². The Labute approximate surface area is 107 Å². The summed E-state index contributed by atoms with van der Waals surface area (Å²) in [5, 5.41) is 0. The van der Waals surface area contributed by atoms with E-state index in [-0.39, 0.29) is 0 Å². The Morgan fingerprint density at radius 1 is 1.28 bits per heavy atom. The number of hydrogen-bond donors (Lipinski definition) is 1. The molecule has 0 spiro atoms. The molecule has 0 aliphatic carbocycles. The van der Waals surface area contributed by atoms with Crippen LogP contribution in [0.15, 0.2) is 24.3 Å². The number of ether oxygens (including phenoxy) is 1. The van der Waals surface area contributed by atoms with Gasteiger partial charge >= 0.3 is 0 Å². The highest BCUT2D eigenvalue weighted by Gasteiger charge is 2.14. The zero-order valence-electron chi connectivity index (χ0n) is 10.4. The van der Waals surface area contributed by atoms with Crippen LogP contribution in [-0.4, -0.2) is 55.5 Å². The Hall–Kier alpha value is -1.75. The van der Waals surface area contributed by atoms with Gasteiger partial charge in [0.05, 0.1) is 0 Å².